The molecule has 0 aliphatic heterocycles. The molecule has 0 fully saturated rings. The summed E-state index contributed by atoms with van der Waals surface area (Å²) in [6.07, 6.45) is 0. The minimum Gasteiger partial charge on any atom is -0.458 e. The fourth-order valence-corrected chi connectivity index (χ4v) is 2.35. The van der Waals surface area contributed by atoms with E-state index in [9.17, 15) is 4.79 Å². The standard InChI is InChI=1S/C19H17NO4/c1-13-17(19(22)23-12-11-21)20-18(24-13)16-9-7-15(8-10-16)14-5-3-2-4-6-14/h2-10,21H,11-12H2,1H3. The number of benzene rings is 2. The van der Waals surface area contributed by atoms with Crippen LogP contribution in [0, 0.1) is 6.92 Å². The van der Waals surface area contributed by atoms with E-state index < -0.39 is 5.97 Å². The fourth-order valence-electron chi connectivity index (χ4n) is 2.35. The molecule has 2 aromatic carbocycles. The number of carbonyl (C=O) groups is 1. The molecule has 0 aliphatic carbocycles. The monoisotopic (exact) mass is 323 g/mol. The second-order valence-electron chi connectivity index (χ2n) is 5.23. The van der Waals surface area contributed by atoms with Gasteiger partial charge in [0.05, 0.1) is 6.61 Å². The molecule has 5 heteroatoms. The molecule has 0 bridgehead atoms. The van der Waals surface area contributed by atoms with Gasteiger partial charge in [-0.05, 0) is 30.2 Å². The van der Waals surface area contributed by atoms with Gasteiger partial charge < -0.3 is 14.3 Å². The SMILES string of the molecule is Cc1oc(-c2ccc(-c3ccccc3)cc2)nc1C(=O)OCCO. The molecule has 0 amide bonds. The van der Waals surface area contributed by atoms with Gasteiger partial charge in [0.15, 0.2) is 5.69 Å². The molecule has 0 radical (unpaired) electrons. The van der Waals surface area contributed by atoms with Crippen molar-refractivity contribution in [3.63, 3.8) is 0 Å². The Kier molecular flexibility index (Phi) is 4.72. The van der Waals surface area contributed by atoms with Gasteiger partial charge in [-0.15, -0.1) is 0 Å². The van der Waals surface area contributed by atoms with Gasteiger partial charge in [-0.2, -0.15) is 0 Å². The summed E-state index contributed by atoms with van der Waals surface area (Å²) in [5.74, 6) is 0.153. The van der Waals surface area contributed by atoms with Gasteiger partial charge in [-0.1, -0.05) is 42.5 Å². The topological polar surface area (TPSA) is 72.6 Å². The lowest BCUT2D eigenvalue weighted by atomic mass is 10.0. The quantitative estimate of drug-likeness (QED) is 0.728. The number of hydrogen-bond donors (Lipinski definition) is 1. The van der Waals surface area contributed by atoms with Gasteiger partial charge in [0.2, 0.25) is 5.89 Å². The highest BCUT2D eigenvalue weighted by molar-refractivity contribution is 5.89. The van der Waals surface area contributed by atoms with Crippen molar-refractivity contribution < 1.29 is 19.1 Å². The van der Waals surface area contributed by atoms with Crippen LogP contribution in [0.15, 0.2) is 59.0 Å². The zero-order chi connectivity index (χ0) is 16.9. The van der Waals surface area contributed by atoms with Crippen LogP contribution in [-0.2, 0) is 4.74 Å². The van der Waals surface area contributed by atoms with Crippen molar-refractivity contribution in [1.82, 2.24) is 4.98 Å². The number of aryl methyl sites for hydroxylation is 1. The highest BCUT2D eigenvalue weighted by atomic mass is 16.5. The average Bonchev–Trinajstić information content (AvgIpc) is 3.02. The second-order valence-corrected chi connectivity index (χ2v) is 5.23. The molecule has 3 rings (SSSR count). The molecular weight excluding hydrogens is 306 g/mol. The second kappa shape index (κ2) is 7.10. The Hall–Kier alpha value is -2.92. The lowest BCUT2D eigenvalue weighted by molar-refractivity contribution is 0.0426. The lowest BCUT2D eigenvalue weighted by Gasteiger charge is -2.02. The molecule has 0 saturated heterocycles. The normalized spacial score (nSPS) is 10.6. The van der Waals surface area contributed by atoms with Crippen molar-refractivity contribution in [2.45, 2.75) is 6.92 Å². The van der Waals surface area contributed by atoms with E-state index in [1.807, 2.05) is 54.6 Å². The molecule has 0 spiro atoms. The maximum atomic E-state index is 11.9. The fraction of sp³-hybridized carbons (Fsp3) is 0.158. The molecule has 0 unspecified atom stereocenters. The number of esters is 1. The number of oxazole rings is 1. The van der Waals surface area contributed by atoms with Crippen LogP contribution in [0.1, 0.15) is 16.2 Å². The van der Waals surface area contributed by atoms with Crippen molar-refractivity contribution in [3.8, 4) is 22.6 Å². The Morgan fingerprint density at radius 2 is 1.67 bits per heavy atom. The molecule has 1 heterocycles. The number of aliphatic hydroxyl groups excluding tert-OH is 1. The smallest absolute Gasteiger partial charge is 0.360 e. The van der Waals surface area contributed by atoms with Gasteiger partial charge >= 0.3 is 5.97 Å². The summed E-state index contributed by atoms with van der Waals surface area (Å²) in [6.45, 7) is 1.37. The third kappa shape index (κ3) is 3.36. The van der Waals surface area contributed by atoms with Crippen molar-refractivity contribution in [3.05, 3.63) is 66.1 Å². The summed E-state index contributed by atoms with van der Waals surface area (Å²) in [5.41, 5.74) is 3.12. The number of aromatic nitrogens is 1. The van der Waals surface area contributed by atoms with E-state index in [1.165, 1.54) is 0 Å². The molecular formula is C19H17NO4. The molecule has 24 heavy (non-hydrogen) atoms. The minimum absolute atomic E-state index is 0.0633. The Morgan fingerprint density at radius 1 is 1.04 bits per heavy atom. The van der Waals surface area contributed by atoms with E-state index in [-0.39, 0.29) is 18.9 Å². The van der Waals surface area contributed by atoms with Gasteiger partial charge in [0.25, 0.3) is 0 Å². The molecule has 5 nitrogen and oxygen atoms in total. The molecule has 0 aliphatic rings. The summed E-state index contributed by atoms with van der Waals surface area (Å²) in [6, 6.07) is 17.8. The Morgan fingerprint density at radius 3 is 2.33 bits per heavy atom. The van der Waals surface area contributed by atoms with Crippen LogP contribution in [0.25, 0.3) is 22.6 Å². The number of hydrogen-bond acceptors (Lipinski definition) is 5. The van der Waals surface area contributed by atoms with Gasteiger partial charge in [-0.25, -0.2) is 9.78 Å². The van der Waals surface area contributed by atoms with E-state index in [0.29, 0.717) is 11.7 Å². The number of carbonyl (C=O) groups excluding carboxylic acids is 1. The van der Waals surface area contributed by atoms with E-state index in [0.717, 1.165) is 16.7 Å². The third-order valence-corrected chi connectivity index (χ3v) is 3.55. The minimum atomic E-state index is -0.600. The molecule has 3 aromatic rings. The van der Waals surface area contributed by atoms with Gasteiger partial charge in [0, 0.05) is 5.56 Å². The largest absolute Gasteiger partial charge is 0.458 e. The molecule has 0 saturated carbocycles. The number of ether oxygens (including phenoxy) is 1. The van der Waals surface area contributed by atoms with Crippen molar-refractivity contribution in [1.29, 1.82) is 0 Å². The van der Waals surface area contributed by atoms with Crippen molar-refractivity contribution in [2.24, 2.45) is 0 Å². The summed E-state index contributed by atoms with van der Waals surface area (Å²) in [4.78, 5) is 16.1. The summed E-state index contributed by atoms with van der Waals surface area (Å²) >= 11 is 0. The van der Waals surface area contributed by atoms with E-state index in [4.69, 9.17) is 14.3 Å². The summed E-state index contributed by atoms with van der Waals surface area (Å²) < 4.78 is 10.4. The lowest BCUT2D eigenvalue weighted by Crippen LogP contribution is -2.10. The molecule has 0 atom stereocenters. The van der Waals surface area contributed by atoms with E-state index in [2.05, 4.69) is 4.98 Å². The zero-order valence-corrected chi connectivity index (χ0v) is 13.2. The van der Waals surface area contributed by atoms with Crippen LogP contribution in [0.2, 0.25) is 0 Å². The Bertz CT molecular complexity index is 822. The Balaban J connectivity index is 1.83. The first-order valence-corrected chi connectivity index (χ1v) is 7.60. The first-order valence-electron chi connectivity index (χ1n) is 7.60. The highest BCUT2D eigenvalue weighted by Crippen LogP contribution is 2.26. The van der Waals surface area contributed by atoms with Crippen LogP contribution in [-0.4, -0.2) is 29.3 Å². The Labute approximate surface area is 139 Å². The van der Waals surface area contributed by atoms with Crippen LogP contribution in [0.5, 0.6) is 0 Å². The summed E-state index contributed by atoms with van der Waals surface area (Å²) in [7, 11) is 0. The molecule has 1 aromatic heterocycles. The first kappa shape index (κ1) is 16.0. The molecule has 1 N–H and O–H groups in total. The maximum absolute atomic E-state index is 11.9. The number of aliphatic hydroxyl groups is 1. The van der Waals surface area contributed by atoms with Crippen LogP contribution < -0.4 is 0 Å². The van der Waals surface area contributed by atoms with Gasteiger partial charge in [-0.3, -0.25) is 0 Å². The first-order chi connectivity index (χ1) is 11.7. The summed E-state index contributed by atoms with van der Waals surface area (Å²) in [5, 5.41) is 8.71. The van der Waals surface area contributed by atoms with E-state index in [1.54, 1.807) is 6.92 Å². The number of nitrogens with zero attached hydrogens (tertiary/aromatic N) is 1. The highest BCUT2D eigenvalue weighted by Gasteiger charge is 2.19. The zero-order valence-electron chi connectivity index (χ0n) is 13.2. The van der Waals surface area contributed by atoms with Crippen LogP contribution >= 0.6 is 0 Å². The third-order valence-electron chi connectivity index (χ3n) is 3.55. The van der Waals surface area contributed by atoms with Gasteiger partial charge in [0.1, 0.15) is 12.4 Å². The average molecular weight is 323 g/mol. The van der Waals surface area contributed by atoms with Crippen LogP contribution in [0.3, 0.4) is 0 Å². The van der Waals surface area contributed by atoms with Crippen molar-refractivity contribution >= 4 is 5.97 Å². The number of rotatable bonds is 5. The molecule has 122 valence electrons. The van der Waals surface area contributed by atoms with E-state index >= 15 is 0 Å². The maximum Gasteiger partial charge on any atom is 0.360 e. The predicted molar refractivity (Wildman–Crippen MR) is 89.5 cm³/mol. The van der Waals surface area contributed by atoms with Crippen molar-refractivity contribution in [2.75, 3.05) is 13.2 Å². The van der Waals surface area contributed by atoms with Crippen LogP contribution in [0.4, 0.5) is 0 Å². The predicted octanol–water partition coefficient (Wildman–Crippen LogP) is 3.47.